The van der Waals surface area contributed by atoms with Crippen molar-refractivity contribution in [3.8, 4) is 5.75 Å². The summed E-state index contributed by atoms with van der Waals surface area (Å²) in [5.74, 6) is 0.157. The molecule has 2 aromatic rings. The zero-order valence-electron chi connectivity index (χ0n) is 13.7. The number of carbonyl (C=O) groups is 1. The molecule has 0 atom stereocenters. The van der Waals surface area contributed by atoms with Gasteiger partial charge in [0.05, 0.1) is 0 Å². The standard InChI is InChI=1S/C15H15O2S.CHF3O3S/c1-4-15(16)17-13-9-10-14(18(2)3)12-8-6-5-7-11(12)13;2-1(3,4)8(5,6)7/h4-10H,1H2,2-3H3;(H,5,6,7)/q+1;/p-1. The van der Waals surface area contributed by atoms with Crippen LogP contribution in [0.1, 0.15) is 0 Å². The largest absolute Gasteiger partial charge is 0.741 e. The molecule has 0 aromatic heterocycles. The van der Waals surface area contributed by atoms with E-state index in [1.165, 1.54) is 11.0 Å². The highest BCUT2D eigenvalue weighted by atomic mass is 32.2. The Hall–Kier alpha value is -2.04. The number of esters is 1. The molecule has 26 heavy (non-hydrogen) atoms. The molecule has 2 aromatic carbocycles. The van der Waals surface area contributed by atoms with Gasteiger partial charge in [-0.25, -0.2) is 13.2 Å². The Labute approximate surface area is 151 Å². The lowest BCUT2D eigenvalue weighted by atomic mass is 10.1. The van der Waals surface area contributed by atoms with Crippen molar-refractivity contribution >= 4 is 37.8 Å². The van der Waals surface area contributed by atoms with E-state index in [1.54, 1.807) is 0 Å². The third kappa shape index (κ3) is 5.75. The maximum atomic E-state index is 11.3. The quantitative estimate of drug-likeness (QED) is 0.194. The number of alkyl halides is 3. The molecule has 0 radical (unpaired) electrons. The summed E-state index contributed by atoms with van der Waals surface area (Å²) in [5, 5.41) is 2.10. The number of carbonyl (C=O) groups excluding carboxylic acids is 1. The molecule has 0 spiro atoms. The van der Waals surface area contributed by atoms with Crippen LogP contribution in [0.2, 0.25) is 0 Å². The van der Waals surface area contributed by atoms with Gasteiger partial charge in [-0.3, -0.25) is 0 Å². The average Bonchev–Trinajstić information content (AvgIpc) is 2.53. The Morgan fingerprint density at radius 3 is 2.08 bits per heavy atom. The van der Waals surface area contributed by atoms with Gasteiger partial charge in [0, 0.05) is 27.7 Å². The first-order valence-corrected chi connectivity index (χ1v) is 10.3. The van der Waals surface area contributed by atoms with E-state index >= 15 is 0 Å². The minimum Gasteiger partial charge on any atom is -0.741 e. The maximum absolute atomic E-state index is 11.3. The number of fused-ring (bicyclic) bond motifs is 1. The molecule has 0 bridgehead atoms. The van der Waals surface area contributed by atoms with Gasteiger partial charge < -0.3 is 9.29 Å². The highest BCUT2D eigenvalue weighted by Crippen LogP contribution is 2.31. The molecular formula is C16H15F3O5S2. The van der Waals surface area contributed by atoms with Crippen molar-refractivity contribution in [3.05, 3.63) is 49.1 Å². The number of benzene rings is 2. The van der Waals surface area contributed by atoms with E-state index in [4.69, 9.17) is 17.7 Å². The van der Waals surface area contributed by atoms with Crippen molar-refractivity contribution < 1.29 is 35.7 Å². The molecule has 0 fully saturated rings. The Balaban J connectivity index is 0.000000359. The fourth-order valence-corrected chi connectivity index (χ4v) is 2.80. The van der Waals surface area contributed by atoms with E-state index in [0.717, 1.165) is 10.8 Å². The summed E-state index contributed by atoms with van der Waals surface area (Å²) >= 11 is 0. The van der Waals surface area contributed by atoms with E-state index in [0.29, 0.717) is 5.75 Å². The topological polar surface area (TPSA) is 83.5 Å². The van der Waals surface area contributed by atoms with Crippen LogP contribution in [0.15, 0.2) is 53.9 Å². The number of halogens is 3. The van der Waals surface area contributed by atoms with Gasteiger partial charge in [0.1, 0.15) is 18.3 Å². The van der Waals surface area contributed by atoms with Crippen molar-refractivity contribution in [2.45, 2.75) is 10.4 Å². The Kier molecular flexibility index (Phi) is 7.25. The van der Waals surface area contributed by atoms with Crippen molar-refractivity contribution in [2.24, 2.45) is 0 Å². The van der Waals surface area contributed by atoms with E-state index in [-0.39, 0.29) is 10.9 Å². The molecule has 0 N–H and O–H groups in total. The molecule has 0 saturated carbocycles. The van der Waals surface area contributed by atoms with Gasteiger partial charge in [-0.1, -0.05) is 24.8 Å². The molecule has 0 aliphatic carbocycles. The summed E-state index contributed by atoms with van der Waals surface area (Å²) in [4.78, 5) is 12.6. The van der Waals surface area contributed by atoms with E-state index < -0.39 is 21.6 Å². The molecule has 0 saturated heterocycles. The summed E-state index contributed by atoms with van der Waals surface area (Å²) in [6, 6.07) is 11.8. The van der Waals surface area contributed by atoms with E-state index in [9.17, 15) is 18.0 Å². The highest BCUT2D eigenvalue weighted by Gasteiger charge is 2.36. The van der Waals surface area contributed by atoms with E-state index in [2.05, 4.69) is 25.2 Å². The lowest BCUT2D eigenvalue weighted by Crippen LogP contribution is -2.21. The molecule has 0 aliphatic heterocycles. The number of hydrogen-bond acceptors (Lipinski definition) is 5. The summed E-state index contributed by atoms with van der Waals surface area (Å²) < 4.78 is 64.2. The Morgan fingerprint density at radius 2 is 1.65 bits per heavy atom. The van der Waals surface area contributed by atoms with Crippen LogP contribution in [0.4, 0.5) is 13.2 Å². The monoisotopic (exact) mass is 408 g/mol. The first kappa shape index (κ1) is 22.0. The first-order chi connectivity index (χ1) is 11.9. The predicted octanol–water partition coefficient (Wildman–Crippen LogP) is 3.22. The second kappa shape index (κ2) is 8.56. The minimum absolute atomic E-state index is 0.163. The summed E-state index contributed by atoms with van der Waals surface area (Å²) in [7, 11) is -5.93. The maximum Gasteiger partial charge on any atom is 0.485 e. The average molecular weight is 408 g/mol. The van der Waals surface area contributed by atoms with Gasteiger partial charge in [-0.2, -0.15) is 13.2 Å². The normalized spacial score (nSPS) is 11.7. The van der Waals surface area contributed by atoms with Gasteiger partial charge >= 0.3 is 11.5 Å². The van der Waals surface area contributed by atoms with Crippen LogP contribution in [0.25, 0.3) is 10.8 Å². The van der Waals surface area contributed by atoms with Crippen LogP contribution >= 0.6 is 0 Å². The van der Waals surface area contributed by atoms with Crippen molar-refractivity contribution in [3.63, 3.8) is 0 Å². The second-order valence-electron chi connectivity index (χ2n) is 4.95. The second-order valence-corrected chi connectivity index (χ2v) is 8.39. The summed E-state index contributed by atoms with van der Waals surface area (Å²) in [5.41, 5.74) is -5.65. The molecule has 2 rings (SSSR count). The molecule has 0 amide bonds. The molecule has 10 heteroatoms. The molecule has 142 valence electrons. The zero-order valence-corrected chi connectivity index (χ0v) is 15.4. The van der Waals surface area contributed by atoms with Crippen LogP contribution in [-0.2, 0) is 25.8 Å². The highest BCUT2D eigenvalue weighted by molar-refractivity contribution is 7.95. The fraction of sp³-hybridized carbons (Fsp3) is 0.188. The SMILES string of the molecule is C=CC(=O)Oc1ccc([S+](C)C)c2ccccc12.O=S(=O)([O-])C(F)(F)F. The predicted molar refractivity (Wildman–Crippen MR) is 93.0 cm³/mol. The van der Waals surface area contributed by atoms with Gasteiger partial charge in [0.15, 0.2) is 15.0 Å². The molecule has 0 aliphatic rings. The van der Waals surface area contributed by atoms with Crippen molar-refractivity contribution in [1.82, 2.24) is 0 Å². The molecule has 5 nitrogen and oxygen atoms in total. The lowest BCUT2D eigenvalue weighted by molar-refractivity contribution is -0.128. The van der Waals surface area contributed by atoms with Crippen molar-refractivity contribution in [1.29, 1.82) is 0 Å². The van der Waals surface area contributed by atoms with Gasteiger partial charge in [0.2, 0.25) is 0 Å². The van der Waals surface area contributed by atoms with Gasteiger partial charge in [0.25, 0.3) is 0 Å². The van der Waals surface area contributed by atoms with Crippen molar-refractivity contribution in [2.75, 3.05) is 12.5 Å². The smallest absolute Gasteiger partial charge is 0.485 e. The van der Waals surface area contributed by atoms with Crippen LogP contribution < -0.4 is 4.74 Å². The van der Waals surface area contributed by atoms with Gasteiger partial charge in [-0.05, 0) is 18.2 Å². The Bertz CT molecular complexity index is 906. The van der Waals surface area contributed by atoms with Crippen LogP contribution in [-0.4, -0.2) is 37.0 Å². The van der Waals surface area contributed by atoms with Crippen LogP contribution in [0, 0.1) is 0 Å². The first-order valence-electron chi connectivity index (χ1n) is 6.84. The zero-order chi connectivity index (χ0) is 20.1. The minimum atomic E-state index is -6.09. The number of hydrogen-bond donors (Lipinski definition) is 0. The number of ether oxygens (including phenoxy) is 1. The van der Waals surface area contributed by atoms with E-state index in [1.807, 2.05) is 30.3 Å². The number of rotatable bonds is 3. The third-order valence-corrected chi connectivity index (χ3v) is 4.75. The fourth-order valence-electron chi connectivity index (χ4n) is 1.84. The van der Waals surface area contributed by atoms with Crippen LogP contribution in [0.5, 0.6) is 5.75 Å². The summed E-state index contributed by atoms with van der Waals surface area (Å²) in [6.07, 6.45) is 5.53. The van der Waals surface area contributed by atoms with Gasteiger partial charge in [-0.15, -0.1) is 0 Å². The van der Waals surface area contributed by atoms with Crippen LogP contribution in [0.3, 0.4) is 0 Å². The summed E-state index contributed by atoms with van der Waals surface area (Å²) in [6.45, 7) is 3.41. The third-order valence-electron chi connectivity index (χ3n) is 2.94. The molecule has 0 unspecified atom stereocenters. The lowest BCUT2D eigenvalue weighted by Gasteiger charge is -2.08. The molecular weight excluding hydrogens is 393 g/mol. The Morgan fingerprint density at radius 1 is 1.15 bits per heavy atom. The molecule has 0 heterocycles.